The van der Waals surface area contributed by atoms with Crippen molar-refractivity contribution in [3.63, 3.8) is 0 Å². The molecule has 1 amide bonds. The molecule has 1 aromatic heterocycles. The summed E-state index contributed by atoms with van der Waals surface area (Å²) in [6, 6.07) is 5.04. The summed E-state index contributed by atoms with van der Waals surface area (Å²) in [4.78, 5) is 18.3. The molecule has 1 heterocycles. The lowest BCUT2D eigenvalue weighted by atomic mass is 10.0. The molecule has 0 aliphatic carbocycles. The monoisotopic (exact) mass is 361 g/mol. The zero-order chi connectivity index (χ0) is 19.7. The van der Waals surface area contributed by atoms with Gasteiger partial charge in [0.15, 0.2) is 12.2 Å². The Morgan fingerprint density at radius 3 is 2.54 bits per heavy atom. The van der Waals surface area contributed by atoms with E-state index in [0.717, 1.165) is 11.3 Å². The van der Waals surface area contributed by atoms with Gasteiger partial charge in [0.1, 0.15) is 5.75 Å². The molecule has 1 atom stereocenters. The Balaban J connectivity index is 0.00000163. The number of aromatic nitrogens is 1. The molecule has 1 unspecified atom stereocenters. The first kappa shape index (κ1) is 21.7. The van der Waals surface area contributed by atoms with Gasteiger partial charge in [-0.05, 0) is 31.4 Å². The Morgan fingerprint density at radius 1 is 1.35 bits per heavy atom. The van der Waals surface area contributed by atoms with Crippen LogP contribution in [0.5, 0.6) is 5.75 Å². The second kappa shape index (κ2) is 10.6. The fourth-order valence-corrected chi connectivity index (χ4v) is 2.67. The van der Waals surface area contributed by atoms with Crippen molar-refractivity contribution in [3.8, 4) is 17.1 Å². The Bertz CT molecular complexity index is 669. The third-order valence-corrected chi connectivity index (χ3v) is 3.82. The third kappa shape index (κ3) is 5.33. The molecule has 0 aliphatic heterocycles. The Morgan fingerprint density at radius 2 is 2.04 bits per heavy atom. The van der Waals surface area contributed by atoms with Gasteiger partial charge in [-0.2, -0.15) is 0 Å². The van der Waals surface area contributed by atoms with Gasteiger partial charge in [-0.15, -0.1) is 0 Å². The van der Waals surface area contributed by atoms with Crippen LogP contribution in [0.1, 0.15) is 41.0 Å². The van der Waals surface area contributed by atoms with E-state index in [1.165, 1.54) is 6.39 Å². The molecule has 0 fully saturated rings. The number of oxazole rings is 1. The molecular weight excluding hydrogens is 330 g/mol. The van der Waals surface area contributed by atoms with E-state index in [4.69, 9.17) is 14.9 Å². The summed E-state index contributed by atoms with van der Waals surface area (Å²) in [5, 5.41) is 0. The summed E-state index contributed by atoms with van der Waals surface area (Å²) in [5.74, 6) is 1.52. The molecule has 6 heteroatoms. The van der Waals surface area contributed by atoms with Crippen LogP contribution >= 0.6 is 0 Å². The summed E-state index contributed by atoms with van der Waals surface area (Å²) in [5.41, 5.74) is 7.60. The van der Waals surface area contributed by atoms with Crippen molar-refractivity contribution in [3.05, 3.63) is 30.8 Å². The number of nitrogens with zero attached hydrogens (tertiary/aromatic N) is 2. The lowest BCUT2D eigenvalue weighted by Crippen LogP contribution is -2.44. The van der Waals surface area contributed by atoms with Crippen LogP contribution in [-0.2, 0) is 4.79 Å². The lowest BCUT2D eigenvalue weighted by Gasteiger charge is -2.26. The van der Waals surface area contributed by atoms with Crippen LogP contribution < -0.4 is 15.4 Å². The molecule has 2 rings (SSSR count). The molecule has 0 saturated heterocycles. The van der Waals surface area contributed by atoms with Crippen molar-refractivity contribution in [2.45, 2.75) is 47.1 Å². The molecule has 6 nitrogen and oxygen atoms in total. The maximum Gasteiger partial charge on any atom is 0.243 e. The second-order valence-electron chi connectivity index (χ2n) is 6.07. The number of rotatable bonds is 7. The smallest absolute Gasteiger partial charge is 0.243 e. The second-order valence-corrected chi connectivity index (χ2v) is 6.07. The summed E-state index contributed by atoms with van der Waals surface area (Å²) >= 11 is 0. The first-order valence-electron chi connectivity index (χ1n) is 9.11. The number of ether oxygens (including phenoxy) is 1. The number of hydrogen-bond acceptors (Lipinski definition) is 5. The maximum atomic E-state index is 12.7. The molecule has 2 aromatic rings. The number of anilines is 1. The summed E-state index contributed by atoms with van der Waals surface area (Å²) in [7, 11) is 1.58. The van der Waals surface area contributed by atoms with Gasteiger partial charge in [0.05, 0.1) is 24.9 Å². The van der Waals surface area contributed by atoms with Gasteiger partial charge in [0, 0.05) is 18.3 Å². The standard InChI is InChI=1S/C18H25N3O3.C2H6/c1-5-21(18(22)15(19)8-12(2)3)13-6-7-14(16(9-13)23-4)17-10-20-11-24-17;1-2/h6-7,9-12,15H,5,8,19H2,1-4H3;1-2H3. The predicted molar refractivity (Wildman–Crippen MR) is 105 cm³/mol. The van der Waals surface area contributed by atoms with Gasteiger partial charge in [-0.1, -0.05) is 27.7 Å². The fourth-order valence-electron chi connectivity index (χ4n) is 2.67. The Labute approximate surface area is 156 Å². The zero-order valence-corrected chi connectivity index (χ0v) is 16.7. The van der Waals surface area contributed by atoms with Crippen LogP contribution in [0.4, 0.5) is 5.69 Å². The summed E-state index contributed by atoms with van der Waals surface area (Å²) in [6.07, 6.45) is 3.65. The van der Waals surface area contributed by atoms with Crippen LogP contribution in [0.2, 0.25) is 0 Å². The van der Waals surface area contributed by atoms with Gasteiger partial charge in [0.2, 0.25) is 5.91 Å². The molecule has 1 aromatic carbocycles. The minimum absolute atomic E-state index is 0.0827. The lowest BCUT2D eigenvalue weighted by molar-refractivity contribution is -0.120. The third-order valence-electron chi connectivity index (χ3n) is 3.82. The van der Waals surface area contributed by atoms with Gasteiger partial charge < -0.3 is 19.8 Å². The summed E-state index contributed by atoms with van der Waals surface area (Å²) in [6.45, 7) is 10.6. The SMILES string of the molecule is CC.CCN(C(=O)C(N)CC(C)C)c1ccc(-c2cnco2)c(OC)c1. The quantitative estimate of drug-likeness (QED) is 0.803. The molecule has 0 spiro atoms. The first-order valence-corrected chi connectivity index (χ1v) is 9.11. The Kier molecular flexibility index (Phi) is 8.85. The number of carbonyl (C=O) groups is 1. The number of benzene rings is 1. The van der Waals surface area contributed by atoms with Gasteiger partial charge in [-0.25, -0.2) is 4.98 Å². The average Bonchev–Trinajstić information content (AvgIpc) is 3.17. The normalized spacial score (nSPS) is 11.5. The molecular formula is C20H31N3O3. The van der Waals surface area contributed by atoms with Crippen LogP contribution in [0.25, 0.3) is 11.3 Å². The van der Waals surface area contributed by atoms with Crippen LogP contribution in [-0.4, -0.2) is 30.6 Å². The van der Waals surface area contributed by atoms with Crippen molar-refractivity contribution in [2.24, 2.45) is 11.7 Å². The molecule has 144 valence electrons. The van der Waals surface area contributed by atoms with Crippen LogP contribution in [0.15, 0.2) is 35.2 Å². The minimum Gasteiger partial charge on any atom is -0.496 e. The molecule has 0 saturated carbocycles. The highest BCUT2D eigenvalue weighted by molar-refractivity contribution is 5.97. The van der Waals surface area contributed by atoms with Crippen molar-refractivity contribution < 1.29 is 13.9 Å². The highest BCUT2D eigenvalue weighted by atomic mass is 16.5. The molecule has 0 bridgehead atoms. The minimum atomic E-state index is -0.509. The average molecular weight is 361 g/mol. The van der Waals surface area contributed by atoms with E-state index in [2.05, 4.69) is 18.8 Å². The largest absolute Gasteiger partial charge is 0.496 e. The van der Waals surface area contributed by atoms with Crippen molar-refractivity contribution in [2.75, 3.05) is 18.6 Å². The van der Waals surface area contributed by atoms with Gasteiger partial charge in [0.25, 0.3) is 0 Å². The number of carbonyl (C=O) groups excluding carboxylic acids is 1. The number of methoxy groups -OCH3 is 1. The molecule has 26 heavy (non-hydrogen) atoms. The van der Waals surface area contributed by atoms with E-state index in [0.29, 0.717) is 30.4 Å². The number of hydrogen-bond donors (Lipinski definition) is 1. The van der Waals surface area contributed by atoms with Crippen molar-refractivity contribution in [1.29, 1.82) is 0 Å². The van der Waals surface area contributed by atoms with E-state index in [9.17, 15) is 4.79 Å². The topological polar surface area (TPSA) is 81.6 Å². The van der Waals surface area contributed by atoms with E-state index < -0.39 is 6.04 Å². The van der Waals surface area contributed by atoms with Crippen LogP contribution in [0, 0.1) is 5.92 Å². The summed E-state index contributed by atoms with van der Waals surface area (Å²) < 4.78 is 10.8. The van der Waals surface area contributed by atoms with Crippen molar-refractivity contribution >= 4 is 11.6 Å². The number of nitrogens with two attached hydrogens (primary N) is 1. The van der Waals surface area contributed by atoms with Crippen LogP contribution in [0.3, 0.4) is 0 Å². The zero-order valence-electron chi connectivity index (χ0n) is 16.7. The molecule has 0 aliphatic rings. The number of amides is 1. The molecule has 0 radical (unpaired) electrons. The predicted octanol–water partition coefficient (Wildman–Crippen LogP) is 4.10. The Hall–Kier alpha value is -2.34. The van der Waals surface area contributed by atoms with E-state index in [1.54, 1.807) is 18.2 Å². The first-order chi connectivity index (χ1) is 12.5. The molecule has 2 N–H and O–H groups in total. The van der Waals surface area contributed by atoms with E-state index >= 15 is 0 Å². The maximum absolute atomic E-state index is 12.7. The number of likely N-dealkylation sites (N-methyl/N-ethyl adjacent to an activating group) is 1. The van der Waals surface area contributed by atoms with E-state index in [-0.39, 0.29) is 5.91 Å². The van der Waals surface area contributed by atoms with Gasteiger partial charge in [-0.3, -0.25) is 4.79 Å². The highest BCUT2D eigenvalue weighted by Crippen LogP contribution is 2.33. The van der Waals surface area contributed by atoms with Gasteiger partial charge >= 0.3 is 0 Å². The highest BCUT2D eigenvalue weighted by Gasteiger charge is 2.23. The fraction of sp³-hybridized carbons (Fsp3) is 0.500. The van der Waals surface area contributed by atoms with Crippen molar-refractivity contribution in [1.82, 2.24) is 4.98 Å². The van der Waals surface area contributed by atoms with E-state index in [1.807, 2.05) is 39.0 Å².